The Morgan fingerprint density at radius 1 is 1.67 bits per heavy atom. The summed E-state index contributed by atoms with van der Waals surface area (Å²) in [6, 6.07) is 0.991. The van der Waals surface area contributed by atoms with Crippen LogP contribution in [0.4, 0.5) is 0 Å². The first-order chi connectivity index (χ1) is 5.81. The molecule has 0 aliphatic carbocycles. The standard InChI is InChI=1S/C7H12N2OS2/c1-10-2-5-6-4(3-12-5)8-7(11)9-6/h4-6H,2-3H2,1H3,(H2,8,9,11)/t4-,5-,6-/m0/s1. The molecule has 0 amide bonds. The molecular formula is C7H12N2OS2. The Balaban J connectivity index is 1.98. The summed E-state index contributed by atoms with van der Waals surface area (Å²) >= 11 is 6.99. The lowest BCUT2D eigenvalue weighted by atomic mass is 10.1. The van der Waals surface area contributed by atoms with Gasteiger partial charge in [-0.3, -0.25) is 0 Å². The summed E-state index contributed by atoms with van der Waals surface area (Å²) in [5, 5.41) is 7.86. The first kappa shape index (κ1) is 8.59. The Morgan fingerprint density at radius 2 is 2.50 bits per heavy atom. The number of hydrogen-bond acceptors (Lipinski definition) is 3. The van der Waals surface area contributed by atoms with E-state index >= 15 is 0 Å². The van der Waals surface area contributed by atoms with Crippen molar-refractivity contribution in [1.82, 2.24) is 10.6 Å². The lowest BCUT2D eigenvalue weighted by molar-refractivity contribution is 0.191. The van der Waals surface area contributed by atoms with Crippen LogP contribution < -0.4 is 10.6 Å². The third-order valence-corrected chi connectivity index (χ3v) is 3.91. The van der Waals surface area contributed by atoms with Gasteiger partial charge in [-0.05, 0) is 12.2 Å². The molecule has 3 atom stereocenters. The van der Waals surface area contributed by atoms with Crippen molar-refractivity contribution in [3.63, 3.8) is 0 Å². The van der Waals surface area contributed by atoms with Crippen molar-refractivity contribution in [3.05, 3.63) is 0 Å². The number of ether oxygens (including phenoxy) is 1. The summed E-state index contributed by atoms with van der Waals surface area (Å²) in [7, 11) is 1.74. The molecule has 0 radical (unpaired) electrons. The van der Waals surface area contributed by atoms with Gasteiger partial charge in [-0.25, -0.2) is 0 Å². The van der Waals surface area contributed by atoms with E-state index in [1.165, 1.54) is 0 Å². The molecule has 12 heavy (non-hydrogen) atoms. The maximum absolute atomic E-state index is 5.14. The van der Waals surface area contributed by atoms with Crippen molar-refractivity contribution in [2.45, 2.75) is 17.3 Å². The molecule has 0 aromatic rings. The van der Waals surface area contributed by atoms with E-state index in [4.69, 9.17) is 17.0 Å². The molecule has 2 N–H and O–H groups in total. The van der Waals surface area contributed by atoms with Gasteiger partial charge >= 0.3 is 0 Å². The van der Waals surface area contributed by atoms with E-state index in [9.17, 15) is 0 Å². The second-order valence-corrected chi connectivity index (χ2v) is 4.76. The molecule has 68 valence electrons. The average molecular weight is 204 g/mol. The van der Waals surface area contributed by atoms with Crippen molar-refractivity contribution in [1.29, 1.82) is 0 Å². The van der Waals surface area contributed by atoms with Crippen molar-refractivity contribution >= 4 is 29.1 Å². The number of hydrogen-bond donors (Lipinski definition) is 2. The van der Waals surface area contributed by atoms with E-state index in [1.54, 1.807) is 7.11 Å². The third kappa shape index (κ3) is 1.41. The number of methoxy groups -OCH3 is 1. The summed E-state index contributed by atoms with van der Waals surface area (Å²) in [6.07, 6.45) is 0. The molecule has 2 fully saturated rings. The van der Waals surface area contributed by atoms with Crippen LogP contribution in [-0.4, -0.2) is 41.9 Å². The quantitative estimate of drug-likeness (QED) is 0.617. The van der Waals surface area contributed by atoms with Gasteiger partial charge in [0.1, 0.15) is 0 Å². The highest BCUT2D eigenvalue weighted by molar-refractivity contribution is 8.00. The molecule has 0 spiro atoms. The van der Waals surface area contributed by atoms with E-state index < -0.39 is 0 Å². The minimum atomic E-state index is 0.474. The Hall–Kier alpha value is -0.0000000000000000278. The SMILES string of the molecule is COC[C@@H]1SC[C@@H]2NC(=S)N[C@@H]21. The minimum absolute atomic E-state index is 0.474. The average Bonchev–Trinajstić information content (AvgIpc) is 2.52. The van der Waals surface area contributed by atoms with E-state index in [0.717, 1.165) is 17.5 Å². The van der Waals surface area contributed by atoms with Crippen LogP contribution >= 0.6 is 24.0 Å². The topological polar surface area (TPSA) is 33.3 Å². The Labute approximate surface area is 81.6 Å². The molecule has 0 unspecified atom stereocenters. The zero-order valence-electron chi connectivity index (χ0n) is 6.87. The van der Waals surface area contributed by atoms with Crippen LogP contribution in [0.3, 0.4) is 0 Å². The molecule has 0 bridgehead atoms. The highest BCUT2D eigenvalue weighted by Crippen LogP contribution is 2.29. The first-order valence-electron chi connectivity index (χ1n) is 3.99. The maximum atomic E-state index is 5.14. The summed E-state index contributed by atoms with van der Waals surface area (Å²) in [5.74, 6) is 1.13. The van der Waals surface area contributed by atoms with Crippen molar-refractivity contribution in [2.75, 3.05) is 19.5 Å². The molecule has 2 saturated heterocycles. The normalized spacial score (nSPS) is 39.1. The van der Waals surface area contributed by atoms with Crippen LogP contribution in [-0.2, 0) is 4.74 Å². The number of thioether (sulfide) groups is 1. The largest absolute Gasteiger partial charge is 0.383 e. The highest BCUT2D eigenvalue weighted by atomic mass is 32.2. The molecule has 0 aromatic heterocycles. The Bertz CT molecular complexity index is 198. The Kier molecular flexibility index (Phi) is 2.43. The van der Waals surface area contributed by atoms with Gasteiger partial charge in [0.25, 0.3) is 0 Å². The van der Waals surface area contributed by atoms with Crippen molar-refractivity contribution < 1.29 is 4.74 Å². The van der Waals surface area contributed by atoms with E-state index in [2.05, 4.69) is 10.6 Å². The van der Waals surface area contributed by atoms with E-state index in [-0.39, 0.29) is 0 Å². The fraction of sp³-hybridized carbons (Fsp3) is 0.857. The lowest BCUT2D eigenvalue weighted by Gasteiger charge is -2.15. The number of fused-ring (bicyclic) bond motifs is 1. The molecule has 0 aromatic carbocycles. The first-order valence-corrected chi connectivity index (χ1v) is 5.44. The van der Waals surface area contributed by atoms with Crippen molar-refractivity contribution in [3.8, 4) is 0 Å². The maximum Gasteiger partial charge on any atom is 0.166 e. The summed E-state index contributed by atoms with van der Waals surface area (Å²) in [5.41, 5.74) is 0. The number of thiocarbonyl (C=S) groups is 1. The summed E-state index contributed by atoms with van der Waals surface area (Å²) in [6.45, 7) is 0.809. The molecule has 0 saturated carbocycles. The number of rotatable bonds is 2. The van der Waals surface area contributed by atoms with Crippen LogP contribution in [0.1, 0.15) is 0 Å². The molecule has 3 nitrogen and oxygen atoms in total. The predicted molar refractivity (Wildman–Crippen MR) is 54.6 cm³/mol. The molecule has 2 rings (SSSR count). The lowest BCUT2D eigenvalue weighted by Crippen LogP contribution is -2.38. The number of nitrogens with one attached hydrogen (secondary N) is 2. The highest BCUT2D eigenvalue weighted by Gasteiger charge is 2.41. The van der Waals surface area contributed by atoms with Crippen LogP contribution in [0.25, 0.3) is 0 Å². The molecular weight excluding hydrogens is 192 g/mol. The smallest absolute Gasteiger partial charge is 0.166 e. The summed E-state index contributed by atoms with van der Waals surface area (Å²) in [4.78, 5) is 0. The van der Waals surface area contributed by atoms with Gasteiger partial charge in [-0.15, -0.1) is 0 Å². The van der Waals surface area contributed by atoms with Gasteiger partial charge < -0.3 is 15.4 Å². The molecule has 5 heteroatoms. The fourth-order valence-electron chi connectivity index (χ4n) is 1.70. The zero-order chi connectivity index (χ0) is 8.55. The van der Waals surface area contributed by atoms with Gasteiger partial charge in [0.15, 0.2) is 5.11 Å². The summed E-state index contributed by atoms with van der Waals surface area (Å²) < 4.78 is 5.14. The molecule has 2 aliphatic rings. The molecule has 2 heterocycles. The monoisotopic (exact) mass is 204 g/mol. The van der Waals surface area contributed by atoms with Crippen LogP contribution in [0.5, 0.6) is 0 Å². The zero-order valence-corrected chi connectivity index (χ0v) is 8.50. The van der Waals surface area contributed by atoms with Crippen LogP contribution in [0, 0.1) is 0 Å². The fourth-order valence-corrected chi connectivity index (χ4v) is 3.43. The minimum Gasteiger partial charge on any atom is -0.383 e. The van der Waals surface area contributed by atoms with Gasteiger partial charge in [-0.2, -0.15) is 11.8 Å². The Morgan fingerprint density at radius 3 is 3.25 bits per heavy atom. The third-order valence-electron chi connectivity index (χ3n) is 2.27. The molecule has 2 aliphatic heterocycles. The second kappa shape index (κ2) is 3.40. The van der Waals surface area contributed by atoms with Crippen LogP contribution in [0.15, 0.2) is 0 Å². The van der Waals surface area contributed by atoms with Gasteiger partial charge in [0, 0.05) is 12.9 Å². The second-order valence-electron chi connectivity index (χ2n) is 3.08. The van der Waals surface area contributed by atoms with Gasteiger partial charge in [0.2, 0.25) is 0 Å². The van der Waals surface area contributed by atoms with E-state index in [1.807, 2.05) is 11.8 Å². The van der Waals surface area contributed by atoms with Crippen LogP contribution in [0.2, 0.25) is 0 Å². The van der Waals surface area contributed by atoms with Gasteiger partial charge in [0.05, 0.1) is 23.9 Å². The van der Waals surface area contributed by atoms with Gasteiger partial charge in [-0.1, -0.05) is 0 Å². The van der Waals surface area contributed by atoms with Crippen molar-refractivity contribution in [2.24, 2.45) is 0 Å². The predicted octanol–water partition coefficient (Wildman–Crippen LogP) is -0.0369. The van der Waals surface area contributed by atoms with E-state index in [0.29, 0.717) is 17.3 Å².